The van der Waals surface area contributed by atoms with Crippen LogP contribution in [0.4, 0.5) is 4.39 Å². The lowest BCUT2D eigenvalue weighted by atomic mass is 10.1. The topological polar surface area (TPSA) is 53.4 Å². The lowest BCUT2D eigenvalue weighted by Gasteiger charge is -2.28. The highest BCUT2D eigenvalue weighted by atomic mass is 19.1. The smallest absolute Gasteiger partial charge is 0.227 e. The van der Waals surface area contributed by atoms with E-state index in [4.69, 9.17) is 9.47 Å². The van der Waals surface area contributed by atoms with Crippen molar-refractivity contribution >= 4 is 10.9 Å². The number of nitrogens with zero attached hydrogens (tertiary/aromatic N) is 2. The number of ether oxygens (including phenoxy) is 2. The summed E-state index contributed by atoms with van der Waals surface area (Å²) >= 11 is 0. The van der Waals surface area contributed by atoms with E-state index in [1.54, 1.807) is 10.7 Å². The summed E-state index contributed by atoms with van der Waals surface area (Å²) in [5.41, 5.74) is 2.72. The van der Waals surface area contributed by atoms with E-state index in [0.29, 0.717) is 27.8 Å². The van der Waals surface area contributed by atoms with Gasteiger partial charge in [0.05, 0.1) is 24.9 Å². The second kappa shape index (κ2) is 7.14. The van der Waals surface area contributed by atoms with Crippen molar-refractivity contribution in [3.8, 4) is 5.75 Å². The van der Waals surface area contributed by atoms with Crippen molar-refractivity contribution < 1.29 is 13.9 Å². The molecule has 0 saturated carbocycles. The first-order chi connectivity index (χ1) is 14.2. The molecule has 1 aliphatic heterocycles. The van der Waals surface area contributed by atoms with Crippen molar-refractivity contribution in [1.29, 1.82) is 0 Å². The summed E-state index contributed by atoms with van der Waals surface area (Å²) in [7, 11) is 0. The average molecular weight is 388 g/mol. The van der Waals surface area contributed by atoms with Gasteiger partial charge in [-0.1, -0.05) is 42.5 Å². The molecule has 2 heterocycles. The van der Waals surface area contributed by atoms with E-state index in [9.17, 15) is 9.18 Å². The first kappa shape index (κ1) is 17.6. The molecular weight excluding hydrogens is 371 g/mol. The lowest BCUT2D eigenvalue weighted by Crippen LogP contribution is -2.20. The summed E-state index contributed by atoms with van der Waals surface area (Å²) in [5, 5.41) is 4.82. The van der Waals surface area contributed by atoms with Crippen LogP contribution in [0.2, 0.25) is 0 Å². The van der Waals surface area contributed by atoms with Gasteiger partial charge in [0.25, 0.3) is 0 Å². The van der Waals surface area contributed by atoms with E-state index in [-0.39, 0.29) is 24.4 Å². The first-order valence-electron chi connectivity index (χ1n) is 9.28. The standard InChI is InChI=1S/C23H17FN2O3/c24-18-10-16(13-26-20-9-5-4-8-19(20)21(27)12-25-26)22-17(11-18)14-28-23(29-22)15-6-2-1-3-7-15/h1-12,23H,13-14H2/t23-/m0/s1. The molecule has 1 atom stereocenters. The van der Waals surface area contributed by atoms with Crippen LogP contribution in [0.1, 0.15) is 23.0 Å². The highest BCUT2D eigenvalue weighted by Gasteiger charge is 2.25. The fourth-order valence-corrected chi connectivity index (χ4v) is 3.62. The van der Waals surface area contributed by atoms with Crippen LogP contribution >= 0.6 is 0 Å². The summed E-state index contributed by atoms with van der Waals surface area (Å²) < 4.78 is 27.9. The van der Waals surface area contributed by atoms with E-state index in [0.717, 1.165) is 5.56 Å². The van der Waals surface area contributed by atoms with Crippen molar-refractivity contribution in [2.75, 3.05) is 0 Å². The number of benzene rings is 3. The Balaban J connectivity index is 1.57. The minimum Gasteiger partial charge on any atom is -0.460 e. The maximum Gasteiger partial charge on any atom is 0.227 e. The zero-order valence-electron chi connectivity index (χ0n) is 15.4. The third-order valence-corrected chi connectivity index (χ3v) is 4.98. The fraction of sp³-hybridized carbons (Fsp3) is 0.130. The zero-order chi connectivity index (χ0) is 19.8. The fourth-order valence-electron chi connectivity index (χ4n) is 3.62. The van der Waals surface area contributed by atoms with Crippen LogP contribution in [0.5, 0.6) is 5.75 Å². The van der Waals surface area contributed by atoms with Gasteiger partial charge in [0, 0.05) is 22.1 Å². The largest absolute Gasteiger partial charge is 0.460 e. The van der Waals surface area contributed by atoms with Crippen molar-refractivity contribution in [2.45, 2.75) is 19.4 Å². The highest BCUT2D eigenvalue weighted by molar-refractivity contribution is 5.78. The van der Waals surface area contributed by atoms with Gasteiger partial charge in [-0.2, -0.15) is 5.10 Å². The normalized spacial score (nSPS) is 15.7. The summed E-state index contributed by atoms with van der Waals surface area (Å²) in [6.07, 6.45) is 0.719. The Morgan fingerprint density at radius 1 is 1.07 bits per heavy atom. The summed E-state index contributed by atoms with van der Waals surface area (Å²) in [6.45, 7) is 0.514. The second-order valence-electron chi connectivity index (χ2n) is 6.91. The molecule has 0 radical (unpaired) electrons. The predicted octanol–water partition coefficient (Wildman–Crippen LogP) is 4.19. The van der Waals surface area contributed by atoms with Crippen molar-refractivity contribution in [3.05, 3.63) is 106 Å². The van der Waals surface area contributed by atoms with E-state index < -0.39 is 6.29 Å². The molecule has 1 aliphatic rings. The number of fused-ring (bicyclic) bond motifs is 2. The lowest BCUT2D eigenvalue weighted by molar-refractivity contribution is -0.112. The monoisotopic (exact) mass is 388 g/mol. The predicted molar refractivity (Wildman–Crippen MR) is 106 cm³/mol. The van der Waals surface area contributed by atoms with Crippen LogP contribution in [-0.2, 0) is 17.9 Å². The molecule has 4 aromatic rings. The molecule has 0 N–H and O–H groups in total. The zero-order valence-corrected chi connectivity index (χ0v) is 15.4. The van der Waals surface area contributed by atoms with Gasteiger partial charge in [0.15, 0.2) is 0 Å². The summed E-state index contributed by atoms with van der Waals surface area (Å²) in [5.74, 6) is 0.227. The minimum atomic E-state index is -0.563. The number of para-hydroxylation sites is 1. The Morgan fingerprint density at radius 2 is 1.86 bits per heavy atom. The quantitative estimate of drug-likeness (QED) is 0.528. The van der Waals surface area contributed by atoms with E-state index in [1.807, 2.05) is 48.5 Å². The van der Waals surface area contributed by atoms with E-state index >= 15 is 0 Å². The molecule has 1 aromatic heterocycles. The maximum absolute atomic E-state index is 14.3. The molecule has 5 nitrogen and oxygen atoms in total. The van der Waals surface area contributed by atoms with Gasteiger partial charge in [-0.05, 0) is 24.3 Å². The van der Waals surface area contributed by atoms with Crippen LogP contribution in [0.25, 0.3) is 10.9 Å². The molecule has 0 unspecified atom stereocenters. The average Bonchev–Trinajstić information content (AvgIpc) is 2.76. The van der Waals surface area contributed by atoms with Gasteiger partial charge in [-0.25, -0.2) is 4.39 Å². The Labute approximate surface area is 165 Å². The highest BCUT2D eigenvalue weighted by Crippen LogP contribution is 2.37. The van der Waals surface area contributed by atoms with E-state index in [1.165, 1.54) is 18.3 Å². The van der Waals surface area contributed by atoms with Crippen molar-refractivity contribution in [1.82, 2.24) is 9.78 Å². The molecule has 3 aromatic carbocycles. The molecular formula is C23H17FN2O3. The molecule has 0 saturated heterocycles. The molecule has 0 amide bonds. The number of hydrogen-bond donors (Lipinski definition) is 0. The number of halogens is 1. The number of rotatable bonds is 3. The number of aromatic nitrogens is 2. The van der Waals surface area contributed by atoms with Gasteiger partial charge in [-0.3, -0.25) is 9.48 Å². The summed E-state index contributed by atoms with van der Waals surface area (Å²) in [4.78, 5) is 12.1. The Bertz CT molecular complexity index is 1250. The second-order valence-corrected chi connectivity index (χ2v) is 6.91. The van der Waals surface area contributed by atoms with Gasteiger partial charge in [0.1, 0.15) is 11.6 Å². The van der Waals surface area contributed by atoms with Gasteiger partial charge in [0.2, 0.25) is 11.7 Å². The van der Waals surface area contributed by atoms with Crippen LogP contribution in [0.3, 0.4) is 0 Å². The molecule has 144 valence electrons. The van der Waals surface area contributed by atoms with Gasteiger partial charge >= 0.3 is 0 Å². The van der Waals surface area contributed by atoms with Gasteiger partial charge in [-0.15, -0.1) is 0 Å². The SMILES string of the molecule is O=c1cnn(Cc2cc(F)cc3c2O[C@@H](c2ccccc2)OC3)c2ccccc12. The van der Waals surface area contributed by atoms with Gasteiger partial charge < -0.3 is 9.47 Å². The third-order valence-electron chi connectivity index (χ3n) is 4.98. The third kappa shape index (κ3) is 3.28. The Hall–Kier alpha value is -3.51. The summed E-state index contributed by atoms with van der Waals surface area (Å²) in [6, 6.07) is 19.7. The maximum atomic E-state index is 14.3. The molecule has 0 bridgehead atoms. The molecule has 29 heavy (non-hydrogen) atoms. The molecule has 0 spiro atoms. The van der Waals surface area contributed by atoms with Crippen molar-refractivity contribution in [3.63, 3.8) is 0 Å². The van der Waals surface area contributed by atoms with E-state index in [2.05, 4.69) is 5.10 Å². The van der Waals surface area contributed by atoms with Crippen LogP contribution in [0, 0.1) is 5.82 Å². The van der Waals surface area contributed by atoms with Crippen LogP contribution in [-0.4, -0.2) is 9.78 Å². The molecule has 0 fully saturated rings. The van der Waals surface area contributed by atoms with Crippen molar-refractivity contribution in [2.24, 2.45) is 0 Å². The minimum absolute atomic E-state index is 0.146. The molecule has 0 aliphatic carbocycles. The van der Waals surface area contributed by atoms with Crippen LogP contribution in [0.15, 0.2) is 77.7 Å². The Morgan fingerprint density at radius 3 is 2.72 bits per heavy atom. The van der Waals surface area contributed by atoms with Crippen LogP contribution < -0.4 is 10.2 Å². The number of hydrogen-bond acceptors (Lipinski definition) is 4. The first-order valence-corrected chi connectivity index (χ1v) is 9.28. The molecule has 5 rings (SSSR count). The Kier molecular flexibility index (Phi) is 4.33. The molecule has 6 heteroatoms.